The Bertz CT molecular complexity index is 97.1. The predicted octanol–water partition coefficient (Wildman–Crippen LogP) is -1.54. The number of nitrogens with zero attached hydrogens (tertiary/aromatic N) is 2. The molecule has 2 unspecified atom stereocenters. The van der Waals surface area contributed by atoms with Gasteiger partial charge in [-0.1, -0.05) is 0 Å². The van der Waals surface area contributed by atoms with Gasteiger partial charge in [0.05, 0.1) is 6.67 Å². The van der Waals surface area contributed by atoms with Gasteiger partial charge in [-0.05, 0) is 14.1 Å². The van der Waals surface area contributed by atoms with Crippen LogP contribution >= 0.6 is 0 Å². The molecule has 1 heterocycles. The van der Waals surface area contributed by atoms with Crippen molar-refractivity contribution in [2.45, 2.75) is 12.5 Å². The smallest absolute Gasteiger partial charge is 0.148 e. The van der Waals surface area contributed by atoms with Crippen LogP contribution < -0.4 is 0 Å². The molecule has 54 valence electrons. The van der Waals surface area contributed by atoms with Crippen LogP contribution in [0.1, 0.15) is 0 Å². The second-order valence-electron chi connectivity index (χ2n) is 2.48. The SMILES string of the molecule is CN1CN(C)C(O)C1O. The van der Waals surface area contributed by atoms with E-state index in [4.69, 9.17) is 10.2 Å². The van der Waals surface area contributed by atoms with Crippen molar-refractivity contribution in [2.75, 3.05) is 20.8 Å². The molecule has 0 aliphatic carbocycles. The summed E-state index contributed by atoms with van der Waals surface area (Å²) < 4.78 is 0. The van der Waals surface area contributed by atoms with Gasteiger partial charge in [0.15, 0.2) is 0 Å². The van der Waals surface area contributed by atoms with Gasteiger partial charge in [0.25, 0.3) is 0 Å². The Hall–Kier alpha value is -0.160. The van der Waals surface area contributed by atoms with Crippen molar-refractivity contribution in [3.63, 3.8) is 0 Å². The average molecular weight is 132 g/mol. The zero-order chi connectivity index (χ0) is 7.02. The van der Waals surface area contributed by atoms with Crippen LogP contribution in [0.15, 0.2) is 0 Å². The molecule has 1 rings (SSSR count). The highest BCUT2D eigenvalue weighted by Gasteiger charge is 2.32. The highest BCUT2D eigenvalue weighted by atomic mass is 16.4. The van der Waals surface area contributed by atoms with Crippen molar-refractivity contribution in [3.8, 4) is 0 Å². The van der Waals surface area contributed by atoms with Crippen LogP contribution in [0, 0.1) is 0 Å². The van der Waals surface area contributed by atoms with E-state index in [1.165, 1.54) is 0 Å². The van der Waals surface area contributed by atoms with E-state index in [1.807, 2.05) is 0 Å². The molecule has 0 aromatic rings. The van der Waals surface area contributed by atoms with E-state index in [2.05, 4.69) is 0 Å². The van der Waals surface area contributed by atoms with Crippen LogP contribution in [0.3, 0.4) is 0 Å². The Labute approximate surface area is 54.3 Å². The molecule has 4 nitrogen and oxygen atoms in total. The highest BCUT2D eigenvalue weighted by Crippen LogP contribution is 2.11. The van der Waals surface area contributed by atoms with Crippen LogP contribution in [0.2, 0.25) is 0 Å². The molecule has 4 heteroatoms. The molecule has 0 amide bonds. The molecule has 0 spiro atoms. The lowest BCUT2D eigenvalue weighted by molar-refractivity contribution is -0.0550. The average Bonchev–Trinajstić information content (AvgIpc) is 1.98. The van der Waals surface area contributed by atoms with Gasteiger partial charge in [-0.25, -0.2) is 0 Å². The third-order valence-corrected chi connectivity index (χ3v) is 1.62. The molecule has 1 saturated heterocycles. The predicted molar refractivity (Wildman–Crippen MR) is 32.4 cm³/mol. The summed E-state index contributed by atoms with van der Waals surface area (Å²) in [5.41, 5.74) is 0. The lowest BCUT2D eigenvalue weighted by Crippen LogP contribution is -2.34. The first-order valence-electron chi connectivity index (χ1n) is 2.89. The van der Waals surface area contributed by atoms with Gasteiger partial charge in [0, 0.05) is 0 Å². The van der Waals surface area contributed by atoms with Gasteiger partial charge in [-0.3, -0.25) is 9.80 Å². The summed E-state index contributed by atoms with van der Waals surface area (Å²) in [5, 5.41) is 18.1. The minimum Gasteiger partial charge on any atom is -0.374 e. The van der Waals surface area contributed by atoms with Gasteiger partial charge in [0.2, 0.25) is 0 Å². The first-order valence-corrected chi connectivity index (χ1v) is 2.89. The summed E-state index contributed by atoms with van der Waals surface area (Å²) in [6.07, 6.45) is -1.45. The van der Waals surface area contributed by atoms with Gasteiger partial charge < -0.3 is 10.2 Å². The summed E-state index contributed by atoms with van der Waals surface area (Å²) in [4.78, 5) is 3.34. The fourth-order valence-corrected chi connectivity index (χ4v) is 0.974. The zero-order valence-corrected chi connectivity index (χ0v) is 5.65. The maximum absolute atomic E-state index is 9.07. The maximum atomic E-state index is 9.07. The Morgan fingerprint density at radius 2 is 1.44 bits per heavy atom. The number of hydrogen-bond donors (Lipinski definition) is 2. The first-order chi connectivity index (χ1) is 4.13. The normalized spacial score (nSPS) is 40.0. The van der Waals surface area contributed by atoms with Crippen molar-refractivity contribution >= 4 is 0 Å². The molecule has 0 aromatic carbocycles. The molecular formula is C5H12N2O2. The van der Waals surface area contributed by atoms with Crippen LogP contribution in [0.4, 0.5) is 0 Å². The second-order valence-corrected chi connectivity index (χ2v) is 2.48. The lowest BCUT2D eigenvalue weighted by Gasteiger charge is -2.13. The number of hydrogen-bond acceptors (Lipinski definition) is 4. The third-order valence-electron chi connectivity index (χ3n) is 1.62. The first kappa shape index (κ1) is 6.95. The molecule has 0 bridgehead atoms. The van der Waals surface area contributed by atoms with Crippen LogP contribution in [0.25, 0.3) is 0 Å². The van der Waals surface area contributed by atoms with E-state index in [-0.39, 0.29) is 0 Å². The fourth-order valence-electron chi connectivity index (χ4n) is 0.974. The molecule has 1 aliphatic rings. The Balaban J connectivity index is 2.54. The Kier molecular flexibility index (Phi) is 1.72. The topological polar surface area (TPSA) is 46.9 Å². The molecule has 9 heavy (non-hydrogen) atoms. The summed E-state index contributed by atoms with van der Waals surface area (Å²) in [7, 11) is 3.52. The van der Waals surface area contributed by atoms with Crippen LogP contribution in [-0.2, 0) is 0 Å². The molecule has 1 fully saturated rings. The van der Waals surface area contributed by atoms with Crippen molar-refractivity contribution in [3.05, 3.63) is 0 Å². The molecule has 2 N–H and O–H groups in total. The van der Waals surface area contributed by atoms with E-state index in [0.29, 0.717) is 6.67 Å². The van der Waals surface area contributed by atoms with Gasteiger partial charge >= 0.3 is 0 Å². The standard InChI is InChI=1S/C5H12N2O2/c1-6-3-7(2)5(9)4(6)8/h4-5,8-9H,3H2,1-2H3. The van der Waals surface area contributed by atoms with Crippen molar-refractivity contribution in [1.82, 2.24) is 9.80 Å². The summed E-state index contributed by atoms with van der Waals surface area (Å²) in [6, 6.07) is 0. The maximum Gasteiger partial charge on any atom is 0.148 e. The quantitative estimate of drug-likeness (QED) is 0.419. The van der Waals surface area contributed by atoms with Gasteiger partial charge in [-0.15, -0.1) is 0 Å². The number of aliphatic hydroxyl groups excluding tert-OH is 2. The summed E-state index contributed by atoms with van der Waals surface area (Å²) in [6.45, 7) is 0.613. The lowest BCUT2D eigenvalue weighted by atomic mass is 10.5. The largest absolute Gasteiger partial charge is 0.374 e. The van der Waals surface area contributed by atoms with E-state index >= 15 is 0 Å². The molecule has 0 saturated carbocycles. The summed E-state index contributed by atoms with van der Waals surface area (Å²) in [5.74, 6) is 0. The highest BCUT2D eigenvalue weighted by molar-refractivity contribution is 4.73. The third kappa shape index (κ3) is 1.07. The van der Waals surface area contributed by atoms with Crippen LogP contribution in [-0.4, -0.2) is 53.2 Å². The minimum absolute atomic E-state index is 0.613. The van der Waals surface area contributed by atoms with Crippen LogP contribution in [0.5, 0.6) is 0 Å². The Morgan fingerprint density at radius 3 is 1.56 bits per heavy atom. The fraction of sp³-hybridized carbons (Fsp3) is 1.00. The number of rotatable bonds is 0. The molecule has 0 aromatic heterocycles. The van der Waals surface area contributed by atoms with Gasteiger partial charge in [-0.2, -0.15) is 0 Å². The monoisotopic (exact) mass is 132 g/mol. The Morgan fingerprint density at radius 1 is 1.11 bits per heavy atom. The second kappa shape index (κ2) is 2.22. The number of aliphatic hydroxyl groups is 2. The number of likely N-dealkylation sites (N-methyl/N-ethyl adjacent to an activating group) is 2. The molecule has 1 aliphatic heterocycles. The molecule has 2 atom stereocenters. The van der Waals surface area contributed by atoms with E-state index in [0.717, 1.165) is 0 Å². The zero-order valence-electron chi connectivity index (χ0n) is 5.65. The van der Waals surface area contributed by atoms with E-state index < -0.39 is 12.5 Å². The minimum atomic E-state index is -0.727. The van der Waals surface area contributed by atoms with E-state index in [9.17, 15) is 0 Å². The van der Waals surface area contributed by atoms with Crippen molar-refractivity contribution in [1.29, 1.82) is 0 Å². The molecule has 0 radical (unpaired) electrons. The van der Waals surface area contributed by atoms with Gasteiger partial charge in [0.1, 0.15) is 12.5 Å². The molecular weight excluding hydrogens is 120 g/mol. The van der Waals surface area contributed by atoms with Crippen molar-refractivity contribution < 1.29 is 10.2 Å². The summed E-state index contributed by atoms with van der Waals surface area (Å²) >= 11 is 0. The van der Waals surface area contributed by atoms with Crippen molar-refractivity contribution in [2.24, 2.45) is 0 Å². The van der Waals surface area contributed by atoms with E-state index in [1.54, 1.807) is 23.9 Å².